The highest BCUT2D eigenvalue weighted by molar-refractivity contribution is 7.11. The Morgan fingerprint density at radius 3 is 2.94 bits per heavy atom. The maximum atomic E-state index is 11.9. The predicted octanol–water partition coefficient (Wildman–Crippen LogP) is 0.961. The molecule has 1 aliphatic rings. The lowest BCUT2D eigenvalue weighted by Gasteiger charge is -2.27. The van der Waals surface area contributed by atoms with E-state index >= 15 is 0 Å². The predicted molar refractivity (Wildman–Crippen MR) is 70.7 cm³/mol. The Bertz CT molecular complexity index is 402. The van der Waals surface area contributed by atoms with Crippen LogP contribution in [-0.4, -0.2) is 48.6 Å². The Balaban J connectivity index is 1.78. The van der Waals surface area contributed by atoms with Crippen molar-refractivity contribution in [3.63, 3.8) is 0 Å². The Morgan fingerprint density at radius 1 is 1.61 bits per heavy atom. The molecule has 6 heteroatoms. The Morgan fingerprint density at radius 2 is 2.33 bits per heavy atom. The summed E-state index contributed by atoms with van der Waals surface area (Å²) >= 11 is 1.66. The second-order valence-corrected chi connectivity index (χ2v) is 5.67. The van der Waals surface area contributed by atoms with Gasteiger partial charge in [-0.15, -0.1) is 11.3 Å². The zero-order valence-corrected chi connectivity index (χ0v) is 11.6. The topological polar surface area (TPSA) is 54.5 Å². The van der Waals surface area contributed by atoms with Crippen LogP contribution in [0.1, 0.15) is 22.9 Å². The highest BCUT2D eigenvalue weighted by Crippen LogP contribution is 2.18. The summed E-state index contributed by atoms with van der Waals surface area (Å²) in [7, 11) is 0. The van der Waals surface area contributed by atoms with Crippen molar-refractivity contribution in [2.75, 3.05) is 32.8 Å². The van der Waals surface area contributed by atoms with Gasteiger partial charge in [-0.25, -0.2) is 4.98 Å². The molecule has 0 saturated carbocycles. The smallest absolute Gasteiger partial charge is 0.236 e. The van der Waals surface area contributed by atoms with E-state index in [0.717, 1.165) is 5.01 Å². The van der Waals surface area contributed by atoms with E-state index < -0.39 is 0 Å². The number of thiazole rings is 1. The van der Waals surface area contributed by atoms with E-state index in [4.69, 9.17) is 4.74 Å². The molecule has 1 atom stereocenters. The van der Waals surface area contributed by atoms with Crippen LogP contribution in [0.25, 0.3) is 0 Å². The number of carbonyl (C=O) groups excluding carboxylic acids is 1. The molecule has 0 spiro atoms. The SMILES string of the molecule is Cc1cnc(C(C)NCC(=O)N2CCOCC2)s1. The third-order valence-corrected chi connectivity index (χ3v) is 4.03. The third-order valence-electron chi connectivity index (χ3n) is 2.93. The van der Waals surface area contributed by atoms with Crippen LogP contribution in [0.5, 0.6) is 0 Å². The van der Waals surface area contributed by atoms with E-state index in [0.29, 0.717) is 32.8 Å². The van der Waals surface area contributed by atoms with E-state index in [2.05, 4.69) is 10.3 Å². The number of aryl methyl sites for hydroxylation is 1. The Kier molecular flexibility index (Phi) is 4.68. The second-order valence-electron chi connectivity index (χ2n) is 4.40. The second kappa shape index (κ2) is 6.26. The minimum absolute atomic E-state index is 0.119. The van der Waals surface area contributed by atoms with E-state index in [1.54, 1.807) is 11.3 Å². The molecule has 2 heterocycles. The van der Waals surface area contributed by atoms with Gasteiger partial charge in [0.1, 0.15) is 5.01 Å². The maximum Gasteiger partial charge on any atom is 0.236 e. The number of nitrogens with one attached hydrogen (secondary N) is 1. The number of morpholine rings is 1. The van der Waals surface area contributed by atoms with Crippen molar-refractivity contribution in [3.8, 4) is 0 Å². The average molecular weight is 269 g/mol. The van der Waals surface area contributed by atoms with Gasteiger partial charge in [0.25, 0.3) is 0 Å². The molecule has 100 valence electrons. The summed E-state index contributed by atoms with van der Waals surface area (Å²) in [5.41, 5.74) is 0. The lowest BCUT2D eigenvalue weighted by Crippen LogP contribution is -2.45. The number of ether oxygens (including phenoxy) is 1. The number of hydrogen-bond donors (Lipinski definition) is 1. The van der Waals surface area contributed by atoms with Crippen molar-refractivity contribution in [1.82, 2.24) is 15.2 Å². The molecule has 0 aromatic carbocycles. The first-order valence-corrected chi connectivity index (χ1v) is 6.99. The molecule has 0 bridgehead atoms. The van der Waals surface area contributed by atoms with Crippen LogP contribution in [0.2, 0.25) is 0 Å². The lowest BCUT2D eigenvalue weighted by atomic mass is 10.3. The fraction of sp³-hybridized carbons (Fsp3) is 0.667. The molecule has 0 radical (unpaired) electrons. The summed E-state index contributed by atoms with van der Waals surface area (Å²) in [5, 5.41) is 4.26. The lowest BCUT2D eigenvalue weighted by molar-refractivity contribution is -0.134. The van der Waals surface area contributed by atoms with Crippen molar-refractivity contribution in [3.05, 3.63) is 16.1 Å². The van der Waals surface area contributed by atoms with E-state index in [9.17, 15) is 4.79 Å². The van der Waals surface area contributed by atoms with Gasteiger partial charge in [0.05, 0.1) is 25.8 Å². The van der Waals surface area contributed by atoms with Gasteiger partial charge in [0.2, 0.25) is 5.91 Å². The number of hydrogen-bond acceptors (Lipinski definition) is 5. The van der Waals surface area contributed by atoms with Crippen LogP contribution in [0.4, 0.5) is 0 Å². The first kappa shape index (κ1) is 13.5. The molecule has 1 aromatic rings. The van der Waals surface area contributed by atoms with Crippen molar-refractivity contribution in [2.45, 2.75) is 19.9 Å². The fourth-order valence-electron chi connectivity index (χ4n) is 1.82. The zero-order chi connectivity index (χ0) is 13.0. The van der Waals surface area contributed by atoms with Gasteiger partial charge >= 0.3 is 0 Å². The van der Waals surface area contributed by atoms with Gasteiger partial charge in [0.15, 0.2) is 0 Å². The number of amides is 1. The van der Waals surface area contributed by atoms with Crippen LogP contribution in [0, 0.1) is 6.92 Å². The van der Waals surface area contributed by atoms with Gasteiger partial charge < -0.3 is 9.64 Å². The Hall–Kier alpha value is -0.980. The summed E-state index contributed by atoms with van der Waals surface area (Å²) < 4.78 is 5.22. The molecule has 1 aliphatic heterocycles. The molecule has 0 aliphatic carbocycles. The van der Waals surface area contributed by atoms with Crippen molar-refractivity contribution >= 4 is 17.2 Å². The quantitative estimate of drug-likeness (QED) is 0.884. The highest BCUT2D eigenvalue weighted by atomic mass is 32.1. The molecular weight excluding hydrogens is 250 g/mol. The molecule has 1 amide bonds. The third kappa shape index (κ3) is 3.51. The molecule has 1 N–H and O–H groups in total. The molecule has 1 fully saturated rings. The molecule has 1 aromatic heterocycles. The largest absolute Gasteiger partial charge is 0.378 e. The molecule has 18 heavy (non-hydrogen) atoms. The molecule has 5 nitrogen and oxygen atoms in total. The van der Waals surface area contributed by atoms with Crippen molar-refractivity contribution in [1.29, 1.82) is 0 Å². The Labute approximate surface area is 111 Å². The number of carbonyl (C=O) groups is 1. The van der Waals surface area contributed by atoms with Crippen molar-refractivity contribution < 1.29 is 9.53 Å². The zero-order valence-electron chi connectivity index (χ0n) is 10.8. The number of rotatable bonds is 4. The minimum Gasteiger partial charge on any atom is -0.378 e. The summed E-state index contributed by atoms with van der Waals surface area (Å²) in [6, 6.07) is 0.119. The van der Waals surface area contributed by atoms with Crippen LogP contribution in [-0.2, 0) is 9.53 Å². The summed E-state index contributed by atoms with van der Waals surface area (Å²) in [4.78, 5) is 19.3. The average Bonchev–Trinajstić information content (AvgIpc) is 2.83. The van der Waals surface area contributed by atoms with Crippen LogP contribution < -0.4 is 5.32 Å². The normalized spacial score (nSPS) is 17.8. The van der Waals surface area contributed by atoms with E-state index in [1.165, 1.54) is 4.88 Å². The van der Waals surface area contributed by atoms with Crippen LogP contribution >= 0.6 is 11.3 Å². The summed E-state index contributed by atoms with van der Waals surface area (Å²) in [6.45, 7) is 7.12. The van der Waals surface area contributed by atoms with Gasteiger partial charge in [-0.1, -0.05) is 0 Å². The van der Waals surface area contributed by atoms with E-state index in [-0.39, 0.29) is 11.9 Å². The number of aromatic nitrogens is 1. The number of nitrogens with zero attached hydrogens (tertiary/aromatic N) is 2. The van der Waals surface area contributed by atoms with Crippen LogP contribution in [0.15, 0.2) is 6.20 Å². The van der Waals surface area contributed by atoms with Gasteiger partial charge in [-0.3, -0.25) is 10.1 Å². The first-order valence-electron chi connectivity index (χ1n) is 6.18. The highest BCUT2D eigenvalue weighted by Gasteiger charge is 2.18. The first-order chi connectivity index (χ1) is 8.66. The monoisotopic (exact) mass is 269 g/mol. The van der Waals surface area contributed by atoms with Crippen LogP contribution in [0.3, 0.4) is 0 Å². The van der Waals surface area contributed by atoms with Gasteiger partial charge in [0, 0.05) is 24.2 Å². The van der Waals surface area contributed by atoms with Gasteiger partial charge in [-0.2, -0.15) is 0 Å². The van der Waals surface area contributed by atoms with Gasteiger partial charge in [-0.05, 0) is 13.8 Å². The molecule has 1 saturated heterocycles. The summed E-state index contributed by atoms with van der Waals surface area (Å²) in [5.74, 6) is 0.137. The molecule has 1 unspecified atom stereocenters. The fourth-order valence-corrected chi connectivity index (χ4v) is 2.63. The minimum atomic E-state index is 0.119. The molecular formula is C12H19N3O2S. The standard InChI is InChI=1S/C12H19N3O2S/c1-9-7-14-12(18-9)10(2)13-8-11(16)15-3-5-17-6-4-15/h7,10,13H,3-6,8H2,1-2H3. The summed E-state index contributed by atoms with van der Waals surface area (Å²) in [6.07, 6.45) is 1.86. The van der Waals surface area contributed by atoms with Crippen molar-refractivity contribution in [2.24, 2.45) is 0 Å². The molecule has 2 rings (SSSR count). The maximum absolute atomic E-state index is 11.9. The van der Waals surface area contributed by atoms with E-state index in [1.807, 2.05) is 24.9 Å².